The first-order chi connectivity index (χ1) is 11.7. The molecule has 124 valence electrons. The molecule has 0 spiro atoms. The van der Waals surface area contributed by atoms with Crippen molar-refractivity contribution < 1.29 is 0 Å². The zero-order valence-corrected chi connectivity index (χ0v) is 13.6. The van der Waals surface area contributed by atoms with Crippen LogP contribution in [0.5, 0.6) is 0 Å². The number of aromatic nitrogens is 4. The number of aromatic amines is 1. The van der Waals surface area contributed by atoms with Crippen LogP contribution in [0.25, 0.3) is 5.65 Å². The normalized spacial score (nSPS) is 16.0. The van der Waals surface area contributed by atoms with Gasteiger partial charge in [-0.15, -0.1) is 0 Å². The van der Waals surface area contributed by atoms with E-state index in [0.717, 1.165) is 44.1 Å². The number of hydrogen-bond acceptors (Lipinski definition) is 5. The predicted octanol–water partition coefficient (Wildman–Crippen LogP) is 1.05. The van der Waals surface area contributed by atoms with Crippen molar-refractivity contribution in [1.82, 2.24) is 24.3 Å². The largest absolute Gasteiger partial charge is 0.349 e. The number of aryl methyl sites for hydroxylation is 1. The van der Waals surface area contributed by atoms with Crippen LogP contribution in [0, 0.1) is 6.92 Å². The molecule has 0 bridgehead atoms. The number of nitrogens with one attached hydrogen (secondary N) is 1. The van der Waals surface area contributed by atoms with Crippen molar-refractivity contribution in [2.45, 2.75) is 13.5 Å². The van der Waals surface area contributed by atoms with E-state index < -0.39 is 0 Å². The Morgan fingerprint density at radius 1 is 1.17 bits per heavy atom. The number of fused-ring (bicyclic) bond motifs is 1. The molecule has 7 heteroatoms. The van der Waals surface area contributed by atoms with E-state index >= 15 is 0 Å². The van der Waals surface area contributed by atoms with Crippen molar-refractivity contribution in [2.75, 3.05) is 31.1 Å². The first-order valence-corrected chi connectivity index (χ1v) is 8.14. The van der Waals surface area contributed by atoms with E-state index in [1.165, 1.54) is 5.56 Å². The van der Waals surface area contributed by atoms with Gasteiger partial charge in [0, 0.05) is 57.5 Å². The smallest absolute Gasteiger partial charge is 0.290 e. The third-order valence-electron chi connectivity index (χ3n) is 4.40. The van der Waals surface area contributed by atoms with Crippen LogP contribution in [-0.2, 0) is 6.54 Å². The fraction of sp³-hybridized carbons (Fsp3) is 0.353. The fourth-order valence-electron chi connectivity index (χ4n) is 3.15. The lowest BCUT2D eigenvalue weighted by atomic mass is 10.3. The Morgan fingerprint density at radius 3 is 2.79 bits per heavy atom. The quantitative estimate of drug-likeness (QED) is 0.780. The molecule has 1 aliphatic rings. The van der Waals surface area contributed by atoms with Gasteiger partial charge in [-0.2, -0.15) is 0 Å². The average molecular weight is 324 g/mol. The number of rotatable bonds is 3. The Balaban J connectivity index is 1.42. The van der Waals surface area contributed by atoms with Gasteiger partial charge in [-0.25, -0.2) is 9.97 Å². The molecule has 0 aromatic carbocycles. The summed E-state index contributed by atoms with van der Waals surface area (Å²) in [4.78, 5) is 27.8. The molecule has 0 unspecified atom stereocenters. The number of imidazole rings is 1. The van der Waals surface area contributed by atoms with Crippen LogP contribution >= 0.6 is 0 Å². The zero-order chi connectivity index (χ0) is 16.5. The summed E-state index contributed by atoms with van der Waals surface area (Å²) in [5, 5.41) is 0. The molecule has 4 rings (SSSR count). The monoisotopic (exact) mass is 324 g/mol. The van der Waals surface area contributed by atoms with E-state index in [-0.39, 0.29) is 5.56 Å². The molecule has 0 saturated carbocycles. The molecule has 1 fully saturated rings. The lowest BCUT2D eigenvalue weighted by Crippen LogP contribution is -2.47. The Labute approximate surface area is 139 Å². The van der Waals surface area contributed by atoms with Crippen LogP contribution in [0.2, 0.25) is 0 Å². The topological polar surface area (TPSA) is 69.5 Å². The summed E-state index contributed by atoms with van der Waals surface area (Å²) in [7, 11) is 0. The molecule has 7 nitrogen and oxygen atoms in total. The van der Waals surface area contributed by atoms with Gasteiger partial charge < -0.3 is 14.3 Å². The summed E-state index contributed by atoms with van der Waals surface area (Å²) in [5.41, 5.74) is 3.15. The first kappa shape index (κ1) is 14.9. The summed E-state index contributed by atoms with van der Waals surface area (Å²) >= 11 is 0. The molecule has 3 aromatic heterocycles. The Morgan fingerprint density at radius 2 is 2.00 bits per heavy atom. The van der Waals surface area contributed by atoms with Gasteiger partial charge in [0.2, 0.25) is 0 Å². The minimum atomic E-state index is -0.123. The van der Waals surface area contributed by atoms with E-state index in [1.807, 2.05) is 11.0 Å². The van der Waals surface area contributed by atoms with Gasteiger partial charge >= 0.3 is 0 Å². The van der Waals surface area contributed by atoms with Crippen LogP contribution in [0.1, 0.15) is 11.3 Å². The van der Waals surface area contributed by atoms with Crippen molar-refractivity contribution >= 4 is 11.5 Å². The molecule has 24 heavy (non-hydrogen) atoms. The lowest BCUT2D eigenvalue weighted by Gasteiger charge is -2.34. The summed E-state index contributed by atoms with van der Waals surface area (Å²) in [6.07, 6.45) is 7.38. The highest BCUT2D eigenvalue weighted by Crippen LogP contribution is 2.13. The van der Waals surface area contributed by atoms with Gasteiger partial charge in [-0.3, -0.25) is 9.69 Å². The van der Waals surface area contributed by atoms with E-state index in [1.54, 1.807) is 12.4 Å². The molecule has 3 aromatic rings. The number of nitrogens with zero attached hydrogens (tertiary/aromatic N) is 5. The van der Waals surface area contributed by atoms with Crippen molar-refractivity contribution in [3.05, 3.63) is 58.5 Å². The van der Waals surface area contributed by atoms with Crippen LogP contribution in [0.3, 0.4) is 0 Å². The fourth-order valence-corrected chi connectivity index (χ4v) is 3.15. The lowest BCUT2D eigenvalue weighted by molar-refractivity contribution is 0.247. The minimum absolute atomic E-state index is 0.123. The number of pyridine rings is 1. The summed E-state index contributed by atoms with van der Waals surface area (Å²) in [6.45, 7) is 6.29. The van der Waals surface area contributed by atoms with Crippen molar-refractivity contribution in [1.29, 1.82) is 0 Å². The summed E-state index contributed by atoms with van der Waals surface area (Å²) in [5.74, 6) is 0.514. The minimum Gasteiger partial charge on any atom is -0.349 e. The van der Waals surface area contributed by atoms with Crippen molar-refractivity contribution in [3.63, 3.8) is 0 Å². The van der Waals surface area contributed by atoms with E-state index in [9.17, 15) is 4.79 Å². The van der Waals surface area contributed by atoms with Gasteiger partial charge in [0.05, 0.1) is 5.69 Å². The van der Waals surface area contributed by atoms with Gasteiger partial charge in [0.15, 0.2) is 5.82 Å². The SMILES string of the molecule is Cc1ccc2nc(CN3CCN(c4ncc[nH]c4=O)CC3)cn2c1. The van der Waals surface area contributed by atoms with E-state index in [0.29, 0.717) is 5.82 Å². The maximum absolute atomic E-state index is 11.8. The maximum atomic E-state index is 11.8. The van der Waals surface area contributed by atoms with Gasteiger partial charge in [0.25, 0.3) is 5.56 Å². The standard InChI is InChI=1S/C17H20N6O/c1-13-2-3-15-20-14(12-23(15)10-13)11-21-6-8-22(9-7-21)16-17(24)19-5-4-18-16/h2-5,10,12H,6-9,11H2,1H3,(H,19,24). The van der Waals surface area contributed by atoms with Crippen LogP contribution in [0.4, 0.5) is 5.82 Å². The average Bonchev–Trinajstić information content (AvgIpc) is 2.97. The molecular formula is C17H20N6O. The van der Waals surface area contributed by atoms with Gasteiger partial charge in [-0.1, -0.05) is 6.07 Å². The molecule has 0 atom stereocenters. The Bertz CT molecular complexity index is 907. The highest BCUT2D eigenvalue weighted by molar-refractivity contribution is 5.41. The second-order valence-corrected chi connectivity index (χ2v) is 6.21. The van der Waals surface area contributed by atoms with Crippen LogP contribution < -0.4 is 10.5 Å². The molecule has 0 aliphatic carbocycles. The second-order valence-electron chi connectivity index (χ2n) is 6.21. The summed E-state index contributed by atoms with van der Waals surface area (Å²) < 4.78 is 2.08. The predicted molar refractivity (Wildman–Crippen MR) is 92.3 cm³/mol. The molecule has 1 saturated heterocycles. The molecular weight excluding hydrogens is 304 g/mol. The van der Waals surface area contributed by atoms with Crippen molar-refractivity contribution in [2.24, 2.45) is 0 Å². The molecule has 0 amide bonds. The zero-order valence-electron chi connectivity index (χ0n) is 13.6. The Kier molecular flexibility index (Phi) is 3.78. The van der Waals surface area contributed by atoms with Gasteiger partial charge in [-0.05, 0) is 18.6 Å². The third-order valence-corrected chi connectivity index (χ3v) is 4.40. The van der Waals surface area contributed by atoms with Gasteiger partial charge in [0.1, 0.15) is 5.65 Å². The number of hydrogen-bond donors (Lipinski definition) is 1. The maximum Gasteiger partial charge on any atom is 0.290 e. The second kappa shape index (κ2) is 6.09. The van der Waals surface area contributed by atoms with E-state index in [4.69, 9.17) is 0 Å². The van der Waals surface area contributed by atoms with Crippen molar-refractivity contribution in [3.8, 4) is 0 Å². The highest BCUT2D eigenvalue weighted by Gasteiger charge is 2.20. The molecule has 1 N–H and O–H groups in total. The van der Waals surface area contributed by atoms with E-state index in [2.05, 4.69) is 49.6 Å². The number of piperazine rings is 1. The third kappa shape index (κ3) is 2.90. The molecule has 4 heterocycles. The number of anilines is 1. The Hall–Kier alpha value is -2.67. The van der Waals surface area contributed by atoms with Crippen LogP contribution in [0.15, 0.2) is 41.7 Å². The summed E-state index contributed by atoms with van der Waals surface area (Å²) in [6, 6.07) is 4.12. The molecule has 0 radical (unpaired) electrons. The highest BCUT2D eigenvalue weighted by atomic mass is 16.1. The molecule has 1 aliphatic heterocycles. The number of H-pyrrole nitrogens is 1. The van der Waals surface area contributed by atoms with Crippen LogP contribution in [-0.4, -0.2) is 50.4 Å². The first-order valence-electron chi connectivity index (χ1n) is 8.14.